The monoisotopic (exact) mass is 293 g/mol. The van der Waals surface area contributed by atoms with Gasteiger partial charge in [0.15, 0.2) is 0 Å². The molecule has 5 nitrogen and oxygen atoms in total. The standard InChI is InChI=1S/C15H20FN3O2/c16-14-3-1-13(2-4-14)5-6-17-15(21)11-18-7-9-19(12-20)10-8-18/h1-4,12H,5-11H2,(H,17,21). The van der Waals surface area contributed by atoms with Crippen LogP contribution in [0.4, 0.5) is 4.39 Å². The normalized spacial score (nSPS) is 15.8. The maximum Gasteiger partial charge on any atom is 0.234 e. The van der Waals surface area contributed by atoms with Gasteiger partial charge in [-0.05, 0) is 24.1 Å². The highest BCUT2D eigenvalue weighted by molar-refractivity contribution is 5.78. The molecule has 0 bridgehead atoms. The molecule has 1 fully saturated rings. The molecule has 0 radical (unpaired) electrons. The van der Waals surface area contributed by atoms with Gasteiger partial charge >= 0.3 is 0 Å². The Kier molecular flexibility index (Phi) is 5.68. The number of nitrogens with zero attached hydrogens (tertiary/aromatic N) is 2. The Balaban J connectivity index is 1.63. The van der Waals surface area contributed by atoms with Crippen molar-refractivity contribution in [2.75, 3.05) is 39.3 Å². The predicted octanol–water partition coefficient (Wildman–Crippen LogP) is 0.258. The average Bonchev–Trinajstić information content (AvgIpc) is 2.50. The number of benzene rings is 1. The lowest BCUT2D eigenvalue weighted by Gasteiger charge is -2.31. The molecule has 0 atom stereocenters. The first kappa shape index (κ1) is 15.4. The van der Waals surface area contributed by atoms with Crippen LogP contribution in [0.5, 0.6) is 0 Å². The van der Waals surface area contributed by atoms with Crippen molar-refractivity contribution in [3.05, 3.63) is 35.6 Å². The van der Waals surface area contributed by atoms with E-state index in [1.807, 2.05) is 4.90 Å². The van der Waals surface area contributed by atoms with E-state index in [1.54, 1.807) is 17.0 Å². The lowest BCUT2D eigenvalue weighted by Crippen LogP contribution is -2.49. The molecule has 1 saturated heterocycles. The fourth-order valence-electron chi connectivity index (χ4n) is 2.28. The van der Waals surface area contributed by atoms with Crippen molar-refractivity contribution < 1.29 is 14.0 Å². The summed E-state index contributed by atoms with van der Waals surface area (Å²) in [5.74, 6) is -0.270. The van der Waals surface area contributed by atoms with Crippen LogP contribution in [-0.2, 0) is 16.0 Å². The summed E-state index contributed by atoms with van der Waals surface area (Å²) < 4.78 is 12.8. The molecular formula is C15H20FN3O2. The number of rotatable bonds is 6. The van der Waals surface area contributed by atoms with E-state index in [9.17, 15) is 14.0 Å². The van der Waals surface area contributed by atoms with Crippen molar-refractivity contribution in [3.8, 4) is 0 Å². The first-order valence-corrected chi connectivity index (χ1v) is 7.10. The second kappa shape index (κ2) is 7.73. The van der Waals surface area contributed by atoms with Crippen molar-refractivity contribution in [2.24, 2.45) is 0 Å². The third-order valence-electron chi connectivity index (χ3n) is 3.57. The Bertz CT molecular complexity index is 470. The number of hydrogen-bond acceptors (Lipinski definition) is 3. The van der Waals surface area contributed by atoms with Crippen LogP contribution in [0.25, 0.3) is 0 Å². The molecule has 6 heteroatoms. The summed E-state index contributed by atoms with van der Waals surface area (Å²) in [5.41, 5.74) is 0.997. The quantitative estimate of drug-likeness (QED) is 0.766. The second-order valence-corrected chi connectivity index (χ2v) is 5.14. The van der Waals surface area contributed by atoms with Gasteiger partial charge in [0.05, 0.1) is 6.54 Å². The van der Waals surface area contributed by atoms with Crippen molar-refractivity contribution >= 4 is 12.3 Å². The molecule has 1 heterocycles. The highest BCUT2D eigenvalue weighted by atomic mass is 19.1. The van der Waals surface area contributed by atoms with Gasteiger partial charge in [-0.1, -0.05) is 12.1 Å². The molecule has 2 rings (SSSR count). The van der Waals surface area contributed by atoms with Crippen LogP contribution in [0.15, 0.2) is 24.3 Å². The Morgan fingerprint density at radius 3 is 2.48 bits per heavy atom. The first-order valence-electron chi connectivity index (χ1n) is 7.10. The Hall–Kier alpha value is -1.95. The molecule has 0 saturated carbocycles. The van der Waals surface area contributed by atoms with E-state index in [4.69, 9.17) is 0 Å². The van der Waals surface area contributed by atoms with Gasteiger partial charge in [0.1, 0.15) is 5.82 Å². The van der Waals surface area contributed by atoms with Gasteiger partial charge in [-0.25, -0.2) is 4.39 Å². The summed E-state index contributed by atoms with van der Waals surface area (Å²) in [6.07, 6.45) is 1.53. The van der Waals surface area contributed by atoms with Gasteiger partial charge in [-0.3, -0.25) is 14.5 Å². The van der Waals surface area contributed by atoms with Gasteiger partial charge in [0, 0.05) is 32.7 Å². The maximum atomic E-state index is 12.8. The van der Waals surface area contributed by atoms with Crippen molar-refractivity contribution in [3.63, 3.8) is 0 Å². The number of halogens is 1. The number of nitrogens with one attached hydrogen (secondary N) is 1. The summed E-state index contributed by atoms with van der Waals surface area (Å²) in [6.45, 7) is 3.70. The third-order valence-corrected chi connectivity index (χ3v) is 3.57. The SMILES string of the molecule is O=CN1CCN(CC(=O)NCCc2ccc(F)cc2)CC1. The Morgan fingerprint density at radius 2 is 1.86 bits per heavy atom. The Morgan fingerprint density at radius 1 is 1.19 bits per heavy atom. The number of hydrogen-bond donors (Lipinski definition) is 1. The van der Waals surface area contributed by atoms with E-state index in [2.05, 4.69) is 5.32 Å². The molecule has 1 N–H and O–H groups in total. The van der Waals surface area contributed by atoms with Crippen molar-refractivity contribution in [1.82, 2.24) is 15.1 Å². The molecule has 21 heavy (non-hydrogen) atoms. The molecule has 0 unspecified atom stereocenters. The molecular weight excluding hydrogens is 273 g/mol. The summed E-state index contributed by atoms with van der Waals surface area (Å²) in [4.78, 5) is 26.1. The van der Waals surface area contributed by atoms with E-state index in [0.717, 1.165) is 25.1 Å². The molecule has 1 aromatic carbocycles. The van der Waals surface area contributed by atoms with Crippen LogP contribution >= 0.6 is 0 Å². The maximum absolute atomic E-state index is 12.8. The van der Waals surface area contributed by atoms with Crippen LogP contribution < -0.4 is 5.32 Å². The minimum atomic E-state index is -0.253. The summed E-state index contributed by atoms with van der Waals surface area (Å²) >= 11 is 0. The molecule has 1 aromatic rings. The molecule has 1 aliphatic heterocycles. The zero-order chi connectivity index (χ0) is 15.1. The highest BCUT2D eigenvalue weighted by Crippen LogP contribution is 2.03. The minimum absolute atomic E-state index is 0.0170. The van der Waals surface area contributed by atoms with Gasteiger partial charge in [-0.15, -0.1) is 0 Å². The predicted molar refractivity (Wildman–Crippen MR) is 77.2 cm³/mol. The van der Waals surface area contributed by atoms with E-state index < -0.39 is 0 Å². The van der Waals surface area contributed by atoms with Crippen LogP contribution in [0.1, 0.15) is 5.56 Å². The van der Waals surface area contributed by atoms with E-state index in [-0.39, 0.29) is 11.7 Å². The van der Waals surface area contributed by atoms with Gasteiger partial charge in [0.25, 0.3) is 0 Å². The molecule has 114 valence electrons. The van der Waals surface area contributed by atoms with Crippen LogP contribution in [0.2, 0.25) is 0 Å². The first-order chi connectivity index (χ1) is 10.2. The number of carbonyl (C=O) groups is 2. The zero-order valence-electron chi connectivity index (χ0n) is 11.9. The van der Waals surface area contributed by atoms with E-state index in [0.29, 0.717) is 32.6 Å². The Labute approximate surface area is 123 Å². The topological polar surface area (TPSA) is 52.7 Å². The van der Waals surface area contributed by atoms with E-state index >= 15 is 0 Å². The van der Waals surface area contributed by atoms with Crippen LogP contribution in [0, 0.1) is 5.82 Å². The van der Waals surface area contributed by atoms with Crippen LogP contribution in [0.3, 0.4) is 0 Å². The average molecular weight is 293 g/mol. The van der Waals surface area contributed by atoms with Gasteiger partial charge < -0.3 is 10.2 Å². The van der Waals surface area contributed by atoms with Crippen molar-refractivity contribution in [1.29, 1.82) is 0 Å². The van der Waals surface area contributed by atoms with Crippen LogP contribution in [-0.4, -0.2) is 61.4 Å². The molecule has 0 aromatic heterocycles. The second-order valence-electron chi connectivity index (χ2n) is 5.14. The van der Waals surface area contributed by atoms with E-state index in [1.165, 1.54) is 12.1 Å². The fraction of sp³-hybridized carbons (Fsp3) is 0.467. The zero-order valence-corrected chi connectivity index (χ0v) is 11.9. The summed E-state index contributed by atoms with van der Waals surface area (Å²) in [5, 5.41) is 2.86. The molecule has 0 aliphatic carbocycles. The lowest BCUT2D eigenvalue weighted by atomic mass is 10.1. The van der Waals surface area contributed by atoms with Crippen molar-refractivity contribution in [2.45, 2.75) is 6.42 Å². The molecule has 2 amide bonds. The summed E-state index contributed by atoms with van der Waals surface area (Å²) in [6, 6.07) is 6.29. The smallest absolute Gasteiger partial charge is 0.234 e. The number of piperazine rings is 1. The van der Waals surface area contributed by atoms with Gasteiger partial charge in [0.2, 0.25) is 12.3 Å². The minimum Gasteiger partial charge on any atom is -0.355 e. The fourth-order valence-corrected chi connectivity index (χ4v) is 2.28. The number of carbonyl (C=O) groups excluding carboxylic acids is 2. The summed E-state index contributed by atoms with van der Waals surface area (Å²) in [7, 11) is 0. The third kappa shape index (κ3) is 5.15. The molecule has 1 aliphatic rings. The van der Waals surface area contributed by atoms with Gasteiger partial charge in [-0.2, -0.15) is 0 Å². The number of amides is 2. The molecule has 0 spiro atoms. The largest absolute Gasteiger partial charge is 0.355 e. The highest BCUT2D eigenvalue weighted by Gasteiger charge is 2.17. The lowest BCUT2D eigenvalue weighted by molar-refractivity contribution is -0.123.